The SMILES string of the molecule is CCc1ccc(/C=C/C(=O)Nc2ccnc3ccc(F)cc23)cc1. The van der Waals surface area contributed by atoms with Crippen molar-refractivity contribution in [2.75, 3.05) is 5.32 Å². The standard InChI is InChI=1S/C20H17FN2O/c1-2-14-3-5-15(6-4-14)7-10-20(24)23-19-11-12-22-18-9-8-16(21)13-17(18)19/h3-13H,2H2,1H3,(H,22,23,24)/b10-7+. The van der Waals surface area contributed by atoms with Gasteiger partial charge in [-0.15, -0.1) is 0 Å². The van der Waals surface area contributed by atoms with Gasteiger partial charge < -0.3 is 5.32 Å². The number of carbonyl (C=O) groups excluding carboxylic acids is 1. The minimum absolute atomic E-state index is 0.272. The van der Waals surface area contributed by atoms with Crippen molar-refractivity contribution < 1.29 is 9.18 Å². The summed E-state index contributed by atoms with van der Waals surface area (Å²) in [5.74, 6) is -0.635. The zero-order chi connectivity index (χ0) is 16.9. The van der Waals surface area contributed by atoms with E-state index in [0.29, 0.717) is 16.6 Å². The molecule has 0 unspecified atom stereocenters. The molecule has 0 aliphatic rings. The van der Waals surface area contributed by atoms with Crippen LogP contribution >= 0.6 is 0 Å². The van der Waals surface area contributed by atoms with E-state index in [1.807, 2.05) is 24.3 Å². The Balaban J connectivity index is 1.77. The predicted octanol–water partition coefficient (Wildman–Crippen LogP) is 4.59. The fourth-order valence-electron chi connectivity index (χ4n) is 2.44. The molecule has 0 fully saturated rings. The van der Waals surface area contributed by atoms with Gasteiger partial charge in [0.2, 0.25) is 5.91 Å². The van der Waals surface area contributed by atoms with Gasteiger partial charge in [-0.1, -0.05) is 31.2 Å². The van der Waals surface area contributed by atoms with Crippen LogP contribution in [0.2, 0.25) is 0 Å². The van der Waals surface area contributed by atoms with Gasteiger partial charge in [0.15, 0.2) is 0 Å². The molecule has 0 saturated carbocycles. The predicted molar refractivity (Wildman–Crippen MR) is 95.2 cm³/mol. The summed E-state index contributed by atoms with van der Waals surface area (Å²) in [6.45, 7) is 2.10. The minimum Gasteiger partial charge on any atom is -0.322 e. The number of amides is 1. The molecule has 24 heavy (non-hydrogen) atoms. The normalized spacial score (nSPS) is 11.1. The first-order valence-corrected chi connectivity index (χ1v) is 7.78. The van der Waals surface area contributed by atoms with Crippen LogP contribution in [-0.4, -0.2) is 10.9 Å². The van der Waals surface area contributed by atoms with E-state index >= 15 is 0 Å². The lowest BCUT2D eigenvalue weighted by Gasteiger charge is -2.06. The second kappa shape index (κ2) is 7.04. The topological polar surface area (TPSA) is 42.0 Å². The number of benzene rings is 2. The van der Waals surface area contributed by atoms with Crippen molar-refractivity contribution in [2.45, 2.75) is 13.3 Å². The molecule has 3 aromatic rings. The van der Waals surface area contributed by atoms with Crippen molar-refractivity contribution in [3.05, 3.63) is 77.7 Å². The molecule has 2 aromatic carbocycles. The molecule has 1 aromatic heterocycles. The van der Waals surface area contributed by atoms with Crippen molar-refractivity contribution in [2.24, 2.45) is 0 Å². The number of hydrogen-bond acceptors (Lipinski definition) is 2. The van der Waals surface area contributed by atoms with E-state index in [-0.39, 0.29) is 11.7 Å². The van der Waals surface area contributed by atoms with Gasteiger partial charge in [-0.3, -0.25) is 9.78 Å². The highest BCUT2D eigenvalue weighted by atomic mass is 19.1. The fraction of sp³-hybridized carbons (Fsp3) is 0.100. The summed E-state index contributed by atoms with van der Waals surface area (Å²) in [5, 5.41) is 3.35. The number of aryl methyl sites for hydroxylation is 1. The number of anilines is 1. The number of fused-ring (bicyclic) bond motifs is 1. The maximum absolute atomic E-state index is 13.4. The quantitative estimate of drug-likeness (QED) is 0.715. The number of hydrogen-bond donors (Lipinski definition) is 1. The third-order valence-electron chi connectivity index (χ3n) is 3.78. The molecule has 1 amide bonds. The van der Waals surface area contributed by atoms with Crippen molar-refractivity contribution in [3.63, 3.8) is 0 Å². The Bertz CT molecular complexity index is 901. The summed E-state index contributed by atoms with van der Waals surface area (Å²) in [6, 6.07) is 14.0. The van der Waals surface area contributed by atoms with E-state index < -0.39 is 0 Å². The molecule has 3 rings (SSSR count). The van der Waals surface area contributed by atoms with Crippen LogP contribution in [-0.2, 0) is 11.2 Å². The molecule has 0 atom stereocenters. The van der Waals surface area contributed by atoms with E-state index in [1.54, 1.807) is 24.4 Å². The summed E-state index contributed by atoms with van der Waals surface area (Å²) in [6.07, 6.45) is 5.78. The number of nitrogens with one attached hydrogen (secondary N) is 1. The first kappa shape index (κ1) is 15.9. The largest absolute Gasteiger partial charge is 0.322 e. The van der Waals surface area contributed by atoms with Gasteiger partial charge in [-0.25, -0.2) is 4.39 Å². The lowest BCUT2D eigenvalue weighted by atomic mass is 10.1. The van der Waals surface area contributed by atoms with Crippen LogP contribution in [0.25, 0.3) is 17.0 Å². The summed E-state index contributed by atoms with van der Waals surface area (Å²) < 4.78 is 13.4. The van der Waals surface area contributed by atoms with Gasteiger partial charge in [-0.2, -0.15) is 0 Å². The van der Waals surface area contributed by atoms with Crippen LogP contribution in [0.5, 0.6) is 0 Å². The van der Waals surface area contributed by atoms with Gasteiger partial charge in [0.05, 0.1) is 11.2 Å². The number of rotatable bonds is 4. The Kier molecular flexibility index (Phi) is 4.66. The van der Waals surface area contributed by atoms with E-state index in [9.17, 15) is 9.18 Å². The summed E-state index contributed by atoms with van der Waals surface area (Å²) in [5.41, 5.74) is 3.37. The molecule has 1 heterocycles. The molecule has 3 nitrogen and oxygen atoms in total. The van der Waals surface area contributed by atoms with Gasteiger partial charge in [-0.05, 0) is 47.9 Å². The first-order valence-electron chi connectivity index (χ1n) is 7.78. The van der Waals surface area contributed by atoms with Gasteiger partial charge in [0, 0.05) is 17.7 Å². The zero-order valence-electron chi connectivity index (χ0n) is 13.3. The highest BCUT2D eigenvalue weighted by molar-refractivity contribution is 6.06. The maximum Gasteiger partial charge on any atom is 0.248 e. The number of pyridine rings is 1. The molecular weight excluding hydrogens is 303 g/mol. The van der Waals surface area contributed by atoms with E-state index in [1.165, 1.54) is 23.8 Å². The Morgan fingerprint density at radius 1 is 1.17 bits per heavy atom. The molecule has 0 aliphatic heterocycles. The van der Waals surface area contributed by atoms with E-state index in [4.69, 9.17) is 0 Å². The Morgan fingerprint density at radius 3 is 2.71 bits per heavy atom. The lowest BCUT2D eigenvalue weighted by Crippen LogP contribution is -2.08. The summed E-state index contributed by atoms with van der Waals surface area (Å²) in [4.78, 5) is 16.3. The third-order valence-corrected chi connectivity index (χ3v) is 3.78. The van der Waals surface area contributed by atoms with Crippen molar-refractivity contribution >= 4 is 28.6 Å². The number of carbonyl (C=O) groups is 1. The van der Waals surface area contributed by atoms with Crippen LogP contribution in [0.1, 0.15) is 18.1 Å². The highest BCUT2D eigenvalue weighted by Gasteiger charge is 2.05. The average Bonchev–Trinajstić information content (AvgIpc) is 2.61. The Hall–Kier alpha value is -3.01. The third kappa shape index (κ3) is 3.66. The second-order valence-corrected chi connectivity index (χ2v) is 5.44. The Morgan fingerprint density at radius 2 is 1.96 bits per heavy atom. The molecule has 0 saturated heterocycles. The van der Waals surface area contributed by atoms with Gasteiger partial charge in [0.1, 0.15) is 5.82 Å². The first-order chi connectivity index (χ1) is 11.7. The zero-order valence-corrected chi connectivity index (χ0v) is 13.3. The Labute approximate surface area is 139 Å². The highest BCUT2D eigenvalue weighted by Crippen LogP contribution is 2.22. The summed E-state index contributed by atoms with van der Waals surface area (Å²) in [7, 11) is 0. The van der Waals surface area contributed by atoms with Gasteiger partial charge >= 0.3 is 0 Å². The summed E-state index contributed by atoms with van der Waals surface area (Å²) >= 11 is 0. The molecule has 1 N–H and O–H groups in total. The number of aromatic nitrogens is 1. The maximum atomic E-state index is 13.4. The molecule has 0 bridgehead atoms. The smallest absolute Gasteiger partial charge is 0.248 e. The van der Waals surface area contributed by atoms with Crippen molar-refractivity contribution in [1.82, 2.24) is 4.98 Å². The van der Waals surface area contributed by atoms with Crippen molar-refractivity contribution in [1.29, 1.82) is 0 Å². The molecule has 120 valence electrons. The minimum atomic E-state index is -0.363. The fourth-order valence-corrected chi connectivity index (χ4v) is 2.44. The van der Waals surface area contributed by atoms with Gasteiger partial charge in [0.25, 0.3) is 0 Å². The van der Waals surface area contributed by atoms with Crippen LogP contribution in [0.3, 0.4) is 0 Å². The molecule has 0 radical (unpaired) electrons. The molecule has 0 aliphatic carbocycles. The number of nitrogens with zero attached hydrogens (tertiary/aromatic N) is 1. The molecular formula is C20H17FN2O. The molecule has 0 spiro atoms. The average molecular weight is 320 g/mol. The van der Waals surface area contributed by atoms with Crippen LogP contribution in [0.15, 0.2) is 60.8 Å². The number of halogens is 1. The van der Waals surface area contributed by atoms with Crippen molar-refractivity contribution in [3.8, 4) is 0 Å². The van der Waals surface area contributed by atoms with Crippen LogP contribution in [0.4, 0.5) is 10.1 Å². The monoisotopic (exact) mass is 320 g/mol. The van der Waals surface area contributed by atoms with E-state index in [0.717, 1.165) is 12.0 Å². The second-order valence-electron chi connectivity index (χ2n) is 5.44. The van der Waals surface area contributed by atoms with Crippen LogP contribution in [0, 0.1) is 5.82 Å². The molecule has 4 heteroatoms. The van der Waals surface area contributed by atoms with E-state index in [2.05, 4.69) is 17.2 Å². The lowest BCUT2D eigenvalue weighted by molar-refractivity contribution is -0.111. The van der Waals surface area contributed by atoms with Crippen LogP contribution < -0.4 is 5.32 Å².